The summed E-state index contributed by atoms with van der Waals surface area (Å²) in [5.74, 6) is -1.11. The number of aliphatic hydroxyl groups is 1. The van der Waals surface area contributed by atoms with E-state index in [-0.39, 0.29) is 12.6 Å². The molecule has 0 bridgehead atoms. The second kappa shape index (κ2) is 7.96. The summed E-state index contributed by atoms with van der Waals surface area (Å²) in [6.45, 7) is 4.01. The van der Waals surface area contributed by atoms with E-state index >= 15 is 0 Å². The summed E-state index contributed by atoms with van der Waals surface area (Å²) in [4.78, 5) is 24.1. The van der Waals surface area contributed by atoms with E-state index in [1.165, 1.54) is 6.92 Å². The summed E-state index contributed by atoms with van der Waals surface area (Å²) in [6.07, 6.45) is 0.398. The molecule has 7 nitrogen and oxygen atoms in total. The number of carbonyl (C=O) groups excluding carboxylic acids is 1. The smallest absolute Gasteiger partial charge is 0.315 e. The van der Waals surface area contributed by atoms with Gasteiger partial charge in [0.05, 0.1) is 12.0 Å². The fraction of sp³-hybridized carbons (Fsp3) is 0.833. The SMILES string of the molecule is CC(CCN(C)C)NC(=O)NCC(C)(O)CC(=O)O. The van der Waals surface area contributed by atoms with E-state index in [1.807, 2.05) is 25.9 Å². The predicted octanol–water partition coefficient (Wildman–Crippen LogP) is -0.148. The van der Waals surface area contributed by atoms with E-state index < -0.39 is 24.0 Å². The highest BCUT2D eigenvalue weighted by Gasteiger charge is 2.24. The summed E-state index contributed by atoms with van der Waals surface area (Å²) >= 11 is 0. The summed E-state index contributed by atoms with van der Waals surface area (Å²) in [5, 5.41) is 23.5. The van der Waals surface area contributed by atoms with Gasteiger partial charge in [0.15, 0.2) is 0 Å². The van der Waals surface area contributed by atoms with Crippen molar-refractivity contribution in [2.75, 3.05) is 27.2 Å². The van der Waals surface area contributed by atoms with Crippen LogP contribution in [0, 0.1) is 0 Å². The van der Waals surface area contributed by atoms with Gasteiger partial charge >= 0.3 is 12.0 Å². The van der Waals surface area contributed by atoms with Gasteiger partial charge in [-0.15, -0.1) is 0 Å². The van der Waals surface area contributed by atoms with Crippen molar-refractivity contribution in [1.29, 1.82) is 0 Å². The molecule has 0 aromatic rings. The quantitative estimate of drug-likeness (QED) is 0.493. The van der Waals surface area contributed by atoms with Crippen molar-refractivity contribution in [3.8, 4) is 0 Å². The van der Waals surface area contributed by atoms with Crippen LogP contribution >= 0.6 is 0 Å². The lowest BCUT2D eigenvalue weighted by Gasteiger charge is -2.23. The summed E-state index contributed by atoms with van der Waals surface area (Å²) < 4.78 is 0. The Balaban J connectivity index is 3.95. The number of hydrogen-bond donors (Lipinski definition) is 4. The van der Waals surface area contributed by atoms with Crippen molar-refractivity contribution in [1.82, 2.24) is 15.5 Å². The summed E-state index contributed by atoms with van der Waals surface area (Å²) in [7, 11) is 3.91. The van der Waals surface area contributed by atoms with E-state index in [1.54, 1.807) is 0 Å². The topological polar surface area (TPSA) is 102 Å². The molecule has 4 N–H and O–H groups in total. The number of hydrogen-bond acceptors (Lipinski definition) is 4. The maximum absolute atomic E-state index is 11.5. The average molecular weight is 275 g/mol. The Morgan fingerprint density at radius 2 is 1.95 bits per heavy atom. The molecular formula is C12H25N3O4. The molecule has 0 aromatic heterocycles. The van der Waals surface area contributed by atoms with E-state index in [4.69, 9.17) is 5.11 Å². The molecule has 0 aliphatic rings. The van der Waals surface area contributed by atoms with Crippen molar-refractivity contribution in [2.45, 2.75) is 38.3 Å². The van der Waals surface area contributed by atoms with Crippen molar-refractivity contribution >= 4 is 12.0 Å². The molecule has 0 spiro atoms. The van der Waals surface area contributed by atoms with Gasteiger partial charge in [-0.1, -0.05) is 0 Å². The first kappa shape index (κ1) is 17.7. The number of urea groups is 1. The van der Waals surface area contributed by atoms with E-state index in [9.17, 15) is 14.7 Å². The highest BCUT2D eigenvalue weighted by molar-refractivity contribution is 5.74. The first-order chi connectivity index (χ1) is 8.62. The fourth-order valence-electron chi connectivity index (χ4n) is 1.46. The fourth-order valence-corrected chi connectivity index (χ4v) is 1.46. The third-order valence-corrected chi connectivity index (χ3v) is 2.55. The molecule has 0 saturated heterocycles. The van der Waals surface area contributed by atoms with Crippen LogP contribution in [0.4, 0.5) is 4.79 Å². The number of carbonyl (C=O) groups is 2. The van der Waals surface area contributed by atoms with Crippen molar-refractivity contribution in [2.24, 2.45) is 0 Å². The molecule has 2 unspecified atom stereocenters. The molecule has 2 amide bonds. The van der Waals surface area contributed by atoms with Gasteiger partial charge in [0, 0.05) is 12.6 Å². The lowest BCUT2D eigenvalue weighted by Crippen LogP contribution is -2.48. The number of carboxylic acid groups (broad SMARTS) is 1. The first-order valence-corrected chi connectivity index (χ1v) is 6.25. The zero-order valence-electron chi connectivity index (χ0n) is 12.1. The zero-order valence-corrected chi connectivity index (χ0v) is 12.1. The van der Waals surface area contributed by atoms with Crippen LogP contribution in [-0.4, -0.2) is 65.9 Å². The number of aliphatic carboxylic acids is 1. The molecule has 0 aromatic carbocycles. The molecule has 2 atom stereocenters. The molecule has 0 heterocycles. The predicted molar refractivity (Wildman–Crippen MR) is 72.0 cm³/mol. The van der Waals surface area contributed by atoms with Gasteiger partial charge < -0.3 is 25.7 Å². The maximum atomic E-state index is 11.5. The van der Waals surface area contributed by atoms with Crippen LogP contribution < -0.4 is 10.6 Å². The van der Waals surface area contributed by atoms with Crippen LogP contribution in [0.15, 0.2) is 0 Å². The highest BCUT2D eigenvalue weighted by atomic mass is 16.4. The normalized spacial score (nSPS) is 15.7. The minimum Gasteiger partial charge on any atom is -0.481 e. The minimum absolute atomic E-state index is 0.00632. The molecule has 0 saturated carbocycles. The molecule has 112 valence electrons. The maximum Gasteiger partial charge on any atom is 0.315 e. The summed E-state index contributed by atoms with van der Waals surface area (Å²) in [6, 6.07) is -0.399. The molecular weight excluding hydrogens is 250 g/mol. The monoisotopic (exact) mass is 275 g/mol. The van der Waals surface area contributed by atoms with Crippen LogP contribution in [-0.2, 0) is 4.79 Å². The van der Waals surface area contributed by atoms with Crippen molar-refractivity contribution < 1.29 is 19.8 Å². The standard InChI is InChI=1S/C12H25N3O4/c1-9(5-6-15(3)4)14-11(18)13-8-12(2,19)7-10(16)17/h9,19H,5-8H2,1-4H3,(H,16,17)(H2,13,14,18). The Hall–Kier alpha value is -1.34. The van der Waals surface area contributed by atoms with Crippen LogP contribution in [0.1, 0.15) is 26.7 Å². The third-order valence-electron chi connectivity index (χ3n) is 2.55. The van der Waals surface area contributed by atoms with Gasteiger partial charge in [0.25, 0.3) is 0 Å². The molecule has 0 fully saturated rings. The molecule has 0 aliphatic heterocycles. The lowest BCUT2D eigenvalue weighted by atomic mass is 10.0. The Morgan fingerprint density at radius 3 is 2.42 bits per heavy atom. The molecule has 19 heavy (non-hydrogen) atoms. The molecule has 0 rings (SSSR count). The third kappa shape index (κ3) is 10.3. The van der Waals surface area contributed by atoms with Gasteiger partial charge in [0.1, 0.15) is 0 Å². The second-order valence-electron chi connectivity index (χ2n) is 5.39. The Morgan fingerprint density at radius 1 is 1.37 bits per heavy atom. The van der Waals surface area contributed by atoms with E-state index in [2.05, 4.69) is 10.6 Å². The average Bonchev–Trinajstić information content (AvgIpc) is 2.22. The van der Waals surface area contributed by atoms with Crippen LogP contribution in [0.25, 0.3) is 0 Å². The van der Waals surface area contributed by atoms with Crippen molar-refractivity contribution in [3.05, 3.63) is 0 Å². The van der Waals surface area contributed by atoms with Gasteiger partial charge in [-0.25, -0.2) is 4.79 Å². The van der Waals surface area contributed by atoms with Crippen LogP contribution in [0.2, 0.25) is 0 Å². The number of carboxylic acids is 1. The highest BCUT2D eigenvalue weighted by Crippen LogP contribution is 2.07. The number of rotatable bonds is 8. The summed E-state index contributed by atoms with van der Waals surface area (Å²) in [5.41, 5.74) is -1.45. The van der Waals surface area contributed by atoms with Gasteiger partial charge in [-0.05, 0) is 40.9 Å². The Bertz CT molecular complexity index is 305. The van der Waals surface area contributed by atoms with Crippen LogP contribution in [0.5, 0.6) is 0 Å². The van der Waals surface area contributed by atoms with E-state index in [0.29, 0.717) is 0 Å². The number of amides is 2. The largest absolute Gasteiger partial charge is 0.481 e. The van der Waals surface area contributed by atoms with Gasteiger partial charge in [0.2, 0.25) is 0 Å². The second-order valence-corrected chi connectivity index (χ2v) is 5.39. The lowest BCUT2D eigenvalue weighted by molar-refractivity contribution is -0.141. The van der Waals surface area contributed by atoms with E-state index in [0.717, 1.165) is 13.0 Å². The Labute approximate surface area is 114 Å². The van der Waals surface area contributed by atoms with Crippen molar-refractivity contribution in [3.63, 3.8) is 0 Å². The van der Waals surface area contributed by atoms with Gasteiger partial charge in [-0.2, -0.15) is 0 Å². The zero-order chi connectivity index (χ0) is 15.1. The first-order valence-electron chi connectivity index (χ1n) is 6.25. The molecule has 7 heteroatoms. The number of nitrogens with one attached hydrogen (secondary N) is 2. The Kier molecular flexibility index (Phi) is 7.40. The minimum atomic E-state index is -1.45. The number of nitrogens with zero attached hydrogens (tertiary/aromatic N) is 1. The molecule has 0 radical (unpaired) electrons. The molecule has 0 aliphatic carbocycles. The van der Waals surface area contributed by atoms with Gasteiger partial charge in [-0.3, -0.25) is 4.79 Å². The van der Waals surface area contributed by atoms with Crippen LogP contribution in [0.3, 0.4) is 0 Å².